The van der Waals surface area contributed by atoms with Crippen molar-refractivity contribution in [3.05, 3.63) is 96.1 Å². The molecule has 0 bridgehead atoms. The molecule has 0 radical (unpaired) electrons. The first kappa shape index (κ1) is 16.6. The molecule has 2 nitrogen and oxygen atoms in total. The Labute approximate surface area is 155 Å². The standard InChI is InChI=1S/C24H23NO/c1-25(23(26)24(16-17-24)22-10-6-3-7-11-22)18-19-12-14-21(15-13-19)20-8-4-2-5-9-20/h2-15H,16-18H2,1H3. The highest BCUT2D eigenvalue weighted by molar-refractivity contribution is 5.91. The van der Waals surface area contributed by atoms with E-state index in [1.54, 1.807) is 0 Å². The lowest BCUT2D eigenvalue weighted by molar-refractivity contribution is -0.133. The van der Waals surface area contributed by atoms with Crippen molar-refractivity contribution in [2.24, 2.45) is 0 Å². The van der Waals surface area contributed by atoms with Crippen LogP contribution in [-0.4, -0.2) is 17.9 Å². The van der Waals surface area contributed by atoms with E-state index < -0.39 is 0 Å². The van der Waals surface area contributed by atoms with Crippen molar-refractivity contribution < 1.29 is 4.79 Å². The maximum absolute atomic E-state index is 13.0. The van der Waals surface area contributed by atoms with Crippen molar-refractivity contribution in [3.63, 3.8) is 0 Å². The van der Waals surface area contributed by atoms with Crippen LogP contribution in [0.5, 0.6) is 0 Å². The topological polar surface area (TPSA) is 20.3 Å². The van der Waals surface area contributed by atoms with Crippen LogP contribution in [0.4, 0.5) is 0 Å². The number of hydrogen-bond donors (Lipinski definition) is 0. The molecule has 3 aromatic rings. The third kappa shape index (κ3) is 3.15. The van der Waals surface area contributed by atoms with Gasteiger partial charge in [0.1, 0.15) is 0 Å². The van der Waals surface area contributed by atoms with Crippen LogP contribution in [0.3, 0.4) is 0 Å². The van der Waals surface area contributed by atoms with Gasteiger partial charge in [0, 0.05) is 13.6 Å². The highest BCUT2D eigenvalue weighted by Gasteiger charge is 2.52. The monoisotopic (exact) mass is 341 g/mol. The van der Waals surface area contributed by atoms with Gasteiger partial charge in [-0.1, -0.05) is 84.9 Å². The summed E-state index contributed by atoms with van der Waals surface area (Å²) in [6.45, 7) is 0.641. The fourth-order valence-electron chi connectivity index (χ4n) is 3.65. The van der Waals surface area contributed by atoms with Gasteiger partial charge in [-0.25, -0.2) is 0 Å². The predicted molar refractivity (Wildman–Crippen MR) is 106 cm³/mol. The molecule has 0 saturated heterocycles. The lowest BCUT2D eigenvalue weighted by atomic mass is 9.94. The first-order valence-electron chi connectivity index (χ1n) is 9.14. The van der Waals surface area contributed by atoms with Gasteiger partial charge in [0.05, 0.1) is 5.41 Å². The molecule has 130 valence electrons. The van der Waals surface area contributed by atoms with Gasteiger partial charge in [0.2, 0.25) is 5.91 Å². The number of rotatable bonds is 5. The smallest absolute Gasteiger partial charge is 0.233 e. The van der Waals surface area contributed by atoms with Gasteiger partial charge in [-0.2, -0.15) is 0 Å². The van der Waals surface area contributed by atoms with E-state index in [9.17, 15) is 4.79 Å². The van der Waals surface area contributed by atoms with Crippen molar-refractivity contribution >= 4 is 5.91 Å². The molecule has 1 aliphatic rings. The Bertz CT molecular complexity index is 881. The summed E-state index contributed by atoms with van der Waals surface area (Å²) in [7, 11) is 1.91. The second-order valence-corrected chi connectivity index (χ2v) is 7.17. The Balaban J connectivity index is 1.47. The van der Waals surface area contributed by atoms with Crippen molar-refractivity contribution in [2.45, 2.75) is 24.8 Å². The minimum Gasteiger partial charge on any atom is -0.341 e. The second kappa shape index (κ2) is 6.80. The molecule has 4 rings (SSSR count). The quantitative estimate of drug-likeness (QED) is 0.636. The predicted octanol–water partition coefficient (Wildman–Crippen LogP) is 5.04. The summed E-state index contributed by atoms with van der Waals surface area (Å²) in [5.41, 5.74) is 4.43. The molecule has 0 atom stereocenters. The molecule has 3 aromatic carbocycles. The second-order valence-electron chi connectivity index (χ2n) is 7.17. The summed E-state index contributed by atoms with van der Waals surface area (Å²) in [6.07, 6.45) is 1.90. The summed E-state index contributed by atoms with van der Waals surface area (Å²) in [6, 6.07) is 29.0. The van der Waals surface area contributed by atoms with Crippen LogP contribution in [0.25, 0.3) is 11.1 Å². The van der Waals surface area contributed by atoms with Crippen LogP contribution in [0.1, 0.15) is 24.0 Å². The van der Waals surface area contributed by atoms with Gasteiger partial charge in [0.25, 0.3) is 0 Å². The maximum atomic E-state index is 13.0. The molecule has 0 spiro atoms. The van der Waals surface area contributed by atoms with Crippen molar-refractivity contribution in [3.8, 4) is 11.1 Å². The van der Waals surface area contributed by atoms with Gasteiger partial charge in [-0.05, 0) is 35.1 Å². The van der Waals surface area contributed by atoms with E-state index in [0.717, 1.165) is 24.0 Å². The first-order valence-corrected chi connectivity index (χ1v) is 9.14. The van der Waals surface area contributed by atoms with Crippen LogP contribution >= 0.6 is 0 Å². The number of amides is 1. The molecule has 26 heavy (non-hydrogen) atoms. The average molecular weight is 341 g/mol. The van der Waals surface area contributed by atoms with Crippen LogP contribution in [-0.2, 0) is 16.8 Å². The Kier molecular flexibility index (Phi) is 4.34. The molecule has 0 aromatic heterocycles. The van der Waals surface area contributed by atoms with E-state index in [1.165, 1.54) is 11.1 Å². The molecule has 1 fully saturated rings. The summed E-state index contributed by atoms with van der Waals surface area (Å²) >= 11 is 0. The third-order valence-corrected chi connectivity index (χ3v) is 5.31. The Morgan fingerprint density at radius 2 is 1.35 bits per heavy atom. The summed E-state index contributed by atoms with van der Waals surface area (Å²) in [4.78, 5) is 14.9. The normalized spacial score (nSPS) is 14.7. The van der Waals surface area contributed by atoms with Crippen LogP contribution < -0.4 is 0 Å². The van der Waals surface area contributed by atoms with Crippen LogP contribution in [0, 0.1) is 0 Å². The Morgan fingerprint density at radius 3 is 1.92 bits per heavy atom. The lowest BCUT2D eigenvalue weighted by Crippen LogP contribution is -2.36. The fourth-order valence-corrected chi connectivity index (χ4v) is 3.65. The summed E-state index contributed by atoms with van der Waals surface area (Å²) in [5.74, 6) is 0.232. The summed E-state index contributed by atoms with van der Waals surface area (Å²) in [5, 5.41) is 0. The highest BCUT2D eigenvalue weighted by Crippen LogP contribution is 2.49. The molecule has 2 heteroatoms. The van der Waals surface area contributed by atoms with E-state index in [1.807, 2.05) is 48.3 Å². The van der Waals surface area contributed by atoms with Gasteiger partial charge >= 0.3 is 0 Å². The number of likely N-dealkylation sites (N-methyl/N-ethyl adjacent to an activating group) is 1. The molecule has 0 aliphatic heterocycles. The molecule has 0 heterocycles. The molecule has 1 amide bonds. The van der Waals surface area contributed by atoms with Crippen molar-refractivity contribution in [1.82, 2.24) is 4.90 Å². The molecular formula is C24H23NO. The largest absolute Gasteiger partial charge is 0.341 e. The fraction of sp³-hybridized carbons (Fsp3) is 0.208. The number of carbonyl (C=O) groups excluding carboxylic acids is 1. The molecule has 0 unspecified atom stereocenters. The molecule has 1 aliphatic carbocycles. The van der Waals surface area contributed by atoms with E-state index in [4.69, 9.17) is 0 Å². The van der Waals surface area contributed by atoms with Gasteiger partial charge in [0.15, 0.2) is 0 Å². The highest BCUT2D eigenvalue weighted by atomic mass is 16.2. The Morgan fingerprint density at radius 1 is 0.808 bits per heavy atom. The zero-order valence-electron chi connectivity index (χ0n) is 15.1. The van der Waals surface area contributed by atoms with Crippen molar-refractivity contribution in [1.29, 1.82) is 0 Å². The Hall–Kier alpha value is -2.87. The van der Waals surface area contributed by atoms with Gasteiger partial charge in [-0.3, -0.25) is 4.79 Å². The molecular weight excluding hydrogens is 318 g/mol. The van der Waals surface area contributed by atoms with Crippen LogP contribution in [0.15, 0.2) is 84.9 Å². The van der Waals surface area contributed by atoms with Crippen LogP contribution in [0.2, 0.25) is 0 Å². The number of nitrogens with zero attached hydrogens (tertiary/aromatic N) is 1. The maximum Gasteiger partial charge on any atom is 0.233 e. The minimum absolute atomic E-state index is 0.232. The zero-order chi connectivity index (χ0) is 18.0. The SMILES string of the molecule is CN(Cc1ccc(-c2ccccc2)cc1)C(=O)C1(c2ccccc2)CC1. The van der Waals surface area contributed by atoms with Gasteiger partial charge < -0.3 is 4.90 Å². The number of carbonyl (C=O) groups is 1. The third-order valence-electron chi connectivity index (χ3n) is 5.31. The van der Waals surface area contributed by atoms with Gasteiger partial charge in [-0.15, -0.1) is 0 Å². The minimum atomic E-state index is -0.292. The lowest BCUT2D eigenvalue weighted by Gasteiger charge is -2.24. The van der Waals surface area contributed by atoms with E-state index in [2.05, 4.69) is 48.5 Å². The average Bonchev–Trinajstić information content (AvgIpc) is 3.51. The zero-order valence-corrected chi connectivity index (χ0v) is 15.1. The molecule has 1 saturated carbocycles. The number of benzene rings is 3. The first-order chi connectivity index (χ1) is 12.7. The van der Waals surface area contributed by atoms with E-state index >= 15 is 0 Å². The summed E-state index contributed by atoms with van der Waals surface area (Å²) < 4.78 is 0. The number of hydrogen-bond acceptors (Lipinski definition) is 1. The molecule has 0 N–H and O–H groups in total. The van der Waals surface area contributed by atoms with E-state index in [-0.39, 0.29) is 11.3 Å². The van der Waals surface area contributed by atoms with Crippen molar-refractivity contribution in [2.75, 3.05) is 7.05 Å². The van der Waals surface area contributed by atoms with E-state index in [0.29, 0.717) is 6.54 Å².